The summed E-state index contributed by atoms with van der Waals surface area (Å²) >= 11 is 1.45. The SMILES string of the molecule is O=C(Nc1nc2ccc(Oc3ccccc3)cc2s1)[C@@H]1CCCN(c2ncccn2)C1. The molecule has 0 spiro atoms. The van der Waals surface area contributed by atoms with E-state index in [0.29, 0.717) is 17.6 Å². The molecule has 0 bridgehead atoms. The summed E-state index contributed by atoms with van der Waals surface area (Å²) in [5.74, 6) is 2.06. The number of thiazole rings is 1. The number of amides is 1. The molecule has 1 atom stereocenters. The molecule has 1 aliphatic rings. The molecule has 1 N–H and O–H groups in total. The summed E-state index contributed by atoms with van der Waals surface area (Å²) in [6.45, 7) is 1.47. The van der Waals surface area contributed by atoms with Crippen molar-refractivity contribution in [1.29, 1.82) is 0 Å². The molecule has 1 fully saturated rings. The van der Waals surface area contributed by atoms with E-state index < -0.39 is 0 Å². The number of benzene rings is 2. The molecule has 156 valence electrons. The van der Waals surface area contributed by atoms with Gasteiger partial charge in [-0.1, -0.05) is 29.5 Å². The van der Waals surface area contributed by atoms with Crippen molar-refractivity contribution in [1.82, 2.24) is 15.0 Å². The number of nitrogens with zero attached hydrogens (tertiary/aromatic N) is 4. The minimum absolute atomic E-state index is 0.0135. The van der Waals surface area contributed by atoms with Crippen LogP contribution in [0, 0.1) is 5.92 Å². The summed E-state index contributed by atoms with van der Waals surface area (Å²) in [6.07, 6.45) is 5.22. The Morgan fingerprint density at radius 2 is 1.90 bits per heavy atom. The number of anilines is 2. The number of hydrogen-bond acceptors (Lipinski definition) is 7. The van der Waals surface area contributed by atoms with Crippen molar-refractivity contribution >= 4 is 38.5 Å². The average Bonchev–Trinajstić information content (AvgIpc) is 3.22. The number of nitrogens with one attached hydrogen (secondary N) is 1. The highest BCUT2D eigenvalue weighted by Gasteiger charge is 2.27. The summed E-state index contributed by atoms with van der Waals surface area (Å²) in [6, 6.07) is 17.2. The number of hydrogen-bond donors (Lipinski definition) is 1. The van der Waals surface area contributed by atoms with E-state index in [1.807, 2.05) is 48.5 Å². The lowest BCUT2D eigenvalue weighted by Gasteiger charge is -2.31. The van der Waals surface area contributed by atoms with Crippen molar-refractivity contribution in [2.24, 2.45) is 5.92 Å². The Hall–Kier alpha value is -3.52. The van der Waals surface area contributed by atoms with Gasteiger partial charge in [0.25, 0.3) is 0 Å². The summed E-state index contributed by atoms with van der Waals surface area (Å²) in [7, 11) is 0. The summed E-state index contributed by atoms with van der Waals surface area (Å²) in [4.78, 5) is 28.1. The number of para-hydroxylation sites is 1. The molecule has 31 heavy (non-hydrogen) atoms. The molecule has 0 radical (unpaired) electrons. The maximum atomic E-state index is 12.9. The minimum atomic E-state index is -0.124. The van der Waals surface area contributed by atoms with Gasteiger partial charge < -0.3 is 15.0 Å². The van der Waals surface area contributed by atoms with Gasteiger partial charge in [0.2, 0.25) is 11.9 Å². The zero-order chi connectivity index (χ0) is 21.0. The van der Waals surface area contributed by atoms with Gasteiger partial charge in [-0.3, -0.25) is 4.79 Å². The van der Waals surface area contributed by atoms with E-state index in [-0.39, 0.29) is 11.8 Å². The molecule has 2 aromatic carbocycles. The lowest BCUT2D eigenvalue weighted by Crippen LogP contribution is -2.41. The molecule has 0 unspecified atom stereocenters. The standard InChI is InChI=1S/C23H21N5O2S/c29-21(16-6-4-13-28(15-16)22-24-11-5-12-25-22)27-23-26-19-10-9-18(14-20(19)31-23)30-17-7-2-1-3-8-17/h1-3,5,7-12,14,16H,4,6,13,15H2,(H,26,27,29)/t16-/m1/s1. The van der Waals surface area contributed by atoms with Crippen molar-refractivity contribution < 1.29 is 9.53 Å². The molecule has 1 amide bonds. The number of carbonyl (C=O) groups excluding carboxylic acids is 1. The van der Waals surface area contributed by atoms with Crippen LogP contribution in [0.2, 0.25) is 0 Å². The van der Waals surface area contributed by atoms with Crippen molar-refractivity contribution in [2.75, 3.05) is 23.3 Å². The fraction of sp³-hybridized carbons (Fsp3) is 0.217. The Morgan fingerprint density at radius 1 is 1.06 bits per heavy atom. The van der Waals surface area contributed by atoms with Crippen LogP contribution in [0.3, 0.4) is 0 Å². The van der Waals surface area contributed by atoms with Gasteiger partial charge in [0.05, 0.1) is 16.1 Å². The smallest absolute Gasteiger partial charge is 0.231 e. The van der Waals surface area contributed by atoms with E-state index in [1.54, 1.807) is 18.5 Å². The highest BCUT2D eigenvalue weighted by Crippen LogP contribution is 2.32. The summed E-state index contributed by atoms with van der Waals surface area (Å²) < 4.78 is 6.86. The largest absolute Gasteiger partial charge is 0.457 e. The van der Waals surface area contributed by atoms with E-state index >= 15 is 0 Å². The minimum Gasteiger partial charge on any atom is -0.457 e. The second kappa shape index (κ2) is 8.69. The normalized spacial score (nSPS) is 16.3. The van der Waals surface area contributed by atoms with Gasteiger partial charge in [-0.15, -0.1) is 0 Å². The van der Waals surface area contributed by atoms with Crippen molar-refractivity contribution in [3.63, 3.8) is 0 Å². The molecule has 5 rings (SSSR count). The molecule has 8 heteroatoms. The molecular weight excluding hydrogens is 410 g/mol. The predicted molar refractivity (Wildman–Crippen MR) is 122 cm³/mol. The number of piperidine rings is 1. The first-order valence-corrected chi connectivity index (χ1v) is 11.0. The van der Waals surface area contributed by atoms with Gasteiger partial charge in [0.1, 0.15) is 11.5 Å². The predicted octanol–water partition coefficient (Wildman–Crippen LogP) is 4.73. The van der Waals surface area contributed by atoms with Crippen LogP contribution in [0.5, 0.6) is 11.5 Å². The fourth-order valence-electron chi connectivity index (χ4n) is 3.68. The van der Waals surface area contributed by atoms with Gasteiger partial charge in [-0.25, -0.2) is 15.0 Å². The Labute approximate surface area is 183 Å². The van der Waals surface area contributed by atoms with E-state index in [9.17, 15) is 4.79 Å². The van der Waals surface area contributed by atoms with Crippen molar-refractivity contribution in [3.8, 4) is 11.5 Å². The highest BCUT2D eigenvalue weighted by molar-refractivity contribution is 7.22. The van der Waals surface area contributed by atoms with Crippen LogP contribution < -0.4 is 15.0 Å². The zero-order valence-electron chi connectivity index (χ0n) is 16.8. The van der Waals surface area contributed by atoms with E-state index in [2.05, 4.69) is 25.2 Å². The van der Waals surface area contributed by atoms with Gasteiger partial charge in [-0.05, 0) is 43.2 Å². The van der Waals surface area contributed by atoms with Crippen molar-refractivity contribution in [3.05, 3.63) is 67.0 Å². The number of aromatic nitrogens is 3. The van der Waals surface area contributed by atoms with Crippen LogP contribution in [0.25, 0.3) is 10.2 Å². The average molecular weight is 432 g/mol. The van der Waals surface area contributed by atoms with Crippen LogP contribution in [-0.2, 0) is 4.79 Å². The molecule has 3 heterocycles. The van der Waals surface area contributed by atoms with Crippen LogP contribution >= 0.6 is 11.3 Å². The first-order valence-electron chi connectivity index (χ1n) is 10.2. The molecular formula is C23H21N5O2S. The van der Waals surface area contributed by atoms with Crippen LogP contribution in [-0.4, -0.2) is 33.9 Å². The van der Waals surface area contributed by atoms with Gasteiger partial charge in [0, 0.05) is 31.5 Å². The molecule has 2 aromatic heterocycles. The van der Waals surface area contributed by atoms with E-state index in [4.69, 9.17) is 4.74 Å². The Kier molecular flexibility index (Phi) is 5.45. The maximum Gasteiger partial charge on any atom is 0.231 e. The van der Waals surface area contributed by atoms with Gasteiger partial charge in [0.15, 0.2) is 5.13 Å². The van der Waals surface area contributed by atoms with E-state index in [1.165, 1.54) is 11.3 Å². The third kappa shape index (κ3) is 4.49. The first kappa shape index (κ1) is 19.4. The molecule has 0 aliphatic carbocycles. The maximum absolute atomic E-state index is 12.9. The Balaban J connectivity index is 1.27. The third-order valence-electron chi connectivity index (χ3n) is 5.20. The molecule has 7 nitrogen and oxygen atoms in total. The third-order valence-corrected chi connectivity index (χ3v) is 6.13. The number of fused-ring (bicyclic) bond motifs is 1. The highest BCUT2D eigenvalue weighted by atomic mass is 32.1. The molecule has 0 saturated carbocycles. The second-order valence-corrected chi connectivity index (χ2v) is 8.42. The summed E-state index contributed by atoms with van der Waals surface area (Å²) in [5.41, 5.74) is 0.837. The number of rotatable bonds is 5. The van der Waals surface area contributed by atoms with Crippen LogP contribution in [0.15, 0.2) is 67.0 Å². The number of carbonyl (C=O) groups is 1. The monoisotopic (exact) mass is 431 g/mol. The lowest BCUT2D eigenvalue weighted by molar-refractivity contribution is -0.120. The first-order chi connectivity index (χ1) is 15.2. The van der Waals surface area contributed by atoms with Crippen LogP contribution in [0.1, 0.15) is 12.8 Å². The summed E-state index contributed by atoms with van der Waals surface area (Å²) in [5, 5.41) is 3.60. The quantitative estimate of drug-likeness (QED) is 0.492. The van der Waals surface area contributed by atoms with Crippen molar-refractivity contribution in [2.45, 2.75) is 12.8 Å². The van der Waals surface area contributed by atoms with Gasteiger partial charge >= 0.3 is 0 Å². The number of ether oxygens (including phenoxy) is 1. The van der Waals surface area contributed by atoms with Crippen LogP contribution in [0.4, 0.5) is 11.1 Å². The Bertz CT molecular complexity index is 1180. The second-order valence-electron chi connectivity index (χ2n) is 7.39. The van der Waals surface area contributed by atoms with E-state index in [0.717, 1.165) is 41.1 Å². The lowest BCUT2D eigenvalue weighted by atomic mass is 9.97. The topological polar surface area (TPSA) is 80.2 Å². The zero-order valence-corrected chi connectivity index (χ0v) is 17.6. The fourth-order valence-corrected chi connectivity index (χ4v) is 4.58. The molecule has 1 saturated heterocycles. The van der Waals surface area contributed by atoms with Gasteiger partial charge in [-0.2, -0.15) is 0 Å². The molecule has 4 aromatic rings. The molecule has 1 aliphatic heterocycles. The Morgan fingerprint density at radius 3 is 2.74 bits per heavy atom.